The van der Waals surface area contributed by atoms with Crippen LogP contribution in [0, 0.1) is 5.92 Å². The Morgan fingerprint density at radius 3 is 1.58 bits per heavy atom. The van der Waals surface area contributed by atoms with Gasteiger partial charge >= 0.3 is 0 Å². The normalized spacial score (nSPS) is 9.42. The second-order valence-corrected chi connectivity index (χ2v) is 3.50. The lowest BCUT2D eigenvalue weighted by Gasteiger charge is -1.94. The van der Waals surface area contributed by atoms with Crippen LogP contribution in [-0.2, 0) is 14.8 Å². The highest BCUT2D eigenvalue weighted by Gasteiger charge is 1.80. The van der Waals surface area contributed by atoms with E-state index in [4.69, 9.17) is 0 Å². The van der Waals surface area contributed by atoms with Crippen LogP contribution in [0.3, 0.4) is 0 Å². The van der Waals surface area contributed by atoms with E-state index in [2.05, 4.69) is 28.7 Å². The van der Waals surface area contributed by atoms with Crippen LogP contribution in [0.25, 0.3) is 0 Å². The van der Waals surface area contributed by atoms with Crippen LogP contribution in [0.2, 0.25) is 5.28 Å². The van der Waals surface area contributed by atoms with Gasteiger partial charge in [-0.25, -0.2) is 9.78 Å². The Hall–Kier alpha value is 0.412. The monoisotopic (exact) mass is 192 g/mol. The first kappa shape index (κ1) is 14.9. The third-order valence-electron chi connectivity index (χ3n) is 1.15. The maximum absolute atomic E-state index is 4.35. The largest absolute Gasteiger partial charge is 0.212 e. The van der Waals surface area contributed by atoms with Gasteiger partial charge in [0.25, 0.3) is 0 Å². The van der Waals surface area contributed by atoms with Crippen LogP contribution >= 0.6 is 0 Å². The van der Waals surface area contributed by atoms with Crippen LogP contribution in [0.15, 0.2) is 0 Å². The molecule has 0 saturated heterocycles. The van der Waals surface area contributed by atoms with Crippen molar-refractivity contribution in [2.24, 2.45) is 5.92 Å². The van der Waals surface area contributed by atoms with E-state index in [9.17, 15) is 0 Å². The van der Waals surface area contributed by atoms with Gasteiger partial charge in [0.2, 0.25) is 16.3 Å². The summed E-state index contributed by atoms with van der Waals surface area (Å²) in [6.07, 6.45) is 0. The van der Waals surface area contributed by atoms with Crippen molar-refractivity contribution in [1.82, 2.24) is 0 Å². The molecule has 0 amide bonds. The van der Waals surface area contributed by atoms with Crippen LogP contribution in [0.1, 0.15) is 27.7 Å². The number of rotatable bonds is 5. The molecule has 0 aromatic carbocycles. The highest BCUT2D eigenvalue weighted by molar-refractivity contribution is 6.08. The molecule has 0 radical (unpaired) electrons. The molecular formula is C8H21AlO3. The molecule has 0 saturated carbocycles. The molecule has 12 heavy (non-hydrogen) atoms. The standard InChI is InChI=1S/C4H10O3.C4H9.Al.2H/c1-3-5-7-6-4-2;1-4(2)3;;;/h3-4H2,1-2H3;4H,1H2,2-3H3;;;. The Morgan fingerprint density at radius 1 is 1.08 bits per heavy atom. The minimum Gasteiger partial charge on any atom is -0.206 e. The van der Waals surface area contributed by atoms with Crippen molar-refractivity contribution in [3.05, 3.63) is 0 Å². The molecular weight excluding hydrogens is 171 g/mol. The van der Waals surface area contributed by atoms with Crippen LogP contribution in [-0.4, -0.2) is 29.5 Å². The summed E-state index contributed by atoms with van der Waals surface area (Å²) < 4.78 is 0. The summed E-state index contributed by atoms with van der Waals surface area (Å²) in [5.41, 5.74) is 0. The first-order valence-electron chi connectivity index (χ1n) is 4.59. The summed E-state index contributed by atoms with van der Waals surface area (Å²) in [5.74, 6) is 0.946. The predicted molar refractivity (Wildman–Crippen MR) is 52.5 cm³/mol. The fourth-order valence-electron chi connectivity index (χ4n) is 0.130. The van der Waals surface area contributed by atoms with Gasteiger partial charge < -0.3 is 0 Å². The minimum atomic E-state index is 0.514. The lowest BCUT2D eigenvalue weighted by molar-refractivity contribution is -0.509. The van der Waals surface area contributed by atoms with Crippen molar-refractivity contribution in [2.75, 3.05) is 13.2 Å². The number of hydrogen-bond donors (Lipinski definition) is 0. The van der Waals surface area contributed by atoms with Crippen molar-refractivity contribution in [1.29, 1.82) is 0 Å². The molecule has 0 aromatic heterocycles. The highest BCUT2D eigenvalue weighted by Crippen LogP contribution is 1.92. The molecule has 4 heteroatoms. The zero-order valence-corrected chi connectivity index (χ0v) is 10.9. The second-order valence-electron chi connectivity index (χ2n) is 2.68. The molecule has 0 spiro atoms. The average molecular weight is 192 g/mol. The van der Waals surface area contributed by atoms with Gasteiger partial charge in [0.05, 0.1) is 13.2 Å². The Morgan fingerprint density at radius 2 is 1.42 bits per heavy atom. The lowest BCUT2D eigenvalue weighted by atomic mass is 10.3. The molecule has 0 N–H and O–H groups in total. The first-order chi connectivity index (χ1) is 5.68. The Kier molecular flexibility index (Phi) is 17.4. The van der Waals surface area contributed by atoms with Crippen molar-refractivity contribution in [3.63, 3.8) is 0 Å². The average Bonchev–Trinajstić information content (AvgIpc) is 2.07. The smallest absolute Gasteiger partial charge is 0.206 e. The SMILES string of the molecule is CC(C)[CH2][AlH2].CCOOOCC. The van der Waals surface area contributed by atoms with Gasteiger partial charge in [-0.1, -0.05) is 30.1 Å². The summed E-state index contributed by atoms with van der Waals surface area (Å²) in [6, 6.07) is 0. The third kappa shape index (κ3) is 22.4. The van der Waals surface area contributed by atoms with Crippen molar-refractivity contribution >= 4 is 16.3 Å². The van der Waals surface area contributed by atoms with Crippen LogP contribution in [0.5, 0.6) is 0 Å². The minimum absolute atomic E-state index is 0.514. The van der Waals surface area contributed by atoms with Crippen molar-refractivity contribution < 1.29 is 14.8 Å². The molecule has 0 aliphatic carbocycles. The van der Waals surface area contributed by atoms with Crippen molar-refractivity contribution in [2.45, 2.75) is 33.0 Å². The van der Waals surface area contributed by atoms with E-state index in [0.717, 1.165) is 5.92 Å². The fraction of sp³-hybridized carbons (Fsp3) is 1.00. The Bertz CT molecular complexity index is 65.3. The highest BCUT2D eigenvalue weighted by atomic mass is 27.0. The molecule has 74 valence electrons. The van der Waals surface area contributed by atoms with E-state index in [1.807, 2.05) is 13.8 Å². The fourth-order valence-corrected chi connectivity index (χ4v) is 0.130. The molecule has 0 unspecified atom stereocenters. The second kappa shape index (κ2) is 14.0. The topological polar surface area (TPSA) is 27.7 Å². The van der Waals surface area contributed by atoms with Gasteiger partial charge in [0, 0.05) is 0 Å². The molecule has 0 atom stereocenters. The zero-order valence-electron chi connectivity index (χ0n) is 8.92. The zero-order chi connectivity index (χ0) is 9.82. The summed E-state index contributed by atoms with van der Waals surface area (Å²) in [5, 5.41) is 5.58. The predicted octanol–water partition coefficient (Wildman–Crippen LogP) is 1.60. The molecule has 0 bridgehead atoms. The first-order valence-corrected chi connectivity index (χ1v) is 6.01. The van der Waals surface area contributed by atoms with E-state index < -0.39 is 0 Å². The summed E-state index contributed by atoms with van der Waals surface area (Å²) in [7, 11) is 0. The van der Waals surface area contributed by atoms with E-state index in [-0.39, 0.29) is 0 Å². The maximum atomic E-state index is 4.35. The van der Waals surface area contributed by atoms with E-state index in [1.54, 1.807) is 0 Å². The van der Waals surface area contributed by atoms with Gasteiger partial charge in [0.1, 0.15) is 0 Å². The summed E-state index contributed by atoms with van der Waals surface area (Å²) in [6.45, 7) is 9.18. The number of hydrogen-bond acceptors (Lipinski definition) is 3. The van der Waals surface area contributed by atoms with E-state index in [1.165, 1.54) is 21.6 Å². The van der Waals surface area contributed by atoms with Gasteiger partial charge in [-0.15, -0.1) is 0 Å². The molecule has 0 rings (SSSR count). The Labute approximate surface area is 83.7 Å². The van der Waals surface area contributed by atoms with Crippen molar-refractivity contribution in [3.8, 4) is 0 Å². The summed E-state index contributed by atoms with van der Waals surface area (Å²) >= 11 is 1.37. The van der Waals surface area contributed by atoms with Gasteiger partial charge in [0.15, 0.2) is 0 Å². The lowest BCUT2D eigenvalue weighted by Crippen LogP contribution is -1.94. The van der Waals surface area contributed by atoms with Crippen LogP contribution < -0.4 is 0 Å². The quantitative estimate of drug-likeness (QED) is 0.286. The molecule has 0 aromatic rings. The van der Waals surface area contributed by atoms with Gasteiger partial charge in [-0.05, 0) is 13.8 Å². The molecule has 0 aliphatic heterocycles. The maximum Gasteiger partial charge on any atom is 0.212 e. The Balaban J connectivity index is 0. The molecule has 3 nitrogen and oxygen atoms in total. The van der Waals surface area contributed by atoms with E-state index >= 15 is 0 Å². The van der Waals surface area contributed by atoms with Gasteiger partial charge in [-0.3, -0.25) is 0 Å². The third-order valence-corrected chi connectivity index (χ3v) is 2.78. The molecule has 0 heterocycles. The molecule has 0 fully saturated rings. The van der Waals surface area contributed by atoms with Crippen LogP contribution in [0.4, 0.5) is 0 Å². The molecule has 0 aliphatic rings. The van der Waals surface area contributed by atoms with Gasteiger partial charge in [-0.2, -0.15) is 0 Å². The summed E-state index contributed by atoms with van der Waals surface area (Å²) in [4.78, 5) is 8.70. The van der Waals surface area contributed by atoms with E-state index in [0.29, 0.717) is 13.2 Å².